The largest absolute Gasteiger partial charge is 0.493 e. The van der Waals surface area contributed by atoms with E-state index >= 15 is 0 Å². The summed E-state index contributed by atoms with van der Waals surface area (Å²) in [5.74, 6) is -0.233. The minimum Gasteiger partial charge on any atom is -0.493 e. The van der Waals surface area contributed by atoms with Gasteiger partial charge in [-0.3, -0.25) is 14.4 Å². The first-order chi connectivity index (χ1) is 13.4. The van der Waals surface area contributed by atoms with Gasteiger partial charge in [-0.1, -0.05) is 12.1 Å². The highest BCUT2D eigenvalue weighted by Gasteiger charge is 2.27. The van der Waals surface area contributed by atoms with E-state index in [1.165, 1.54) is 11.8 Å². The maximum absolute atomic E-state index is 12.6. The smallest absolute Gasteiger partial charge is 0.313 e. The zero-order valence-electron chi connectivity index (χ0n) is 16.1. The Morgan fingerprint density at radius 1 is 1.00 bits per heavy atom. The number of carbonyl (C=O) groups is 3. The summed E-state index contributed by atoms with van der Waals surface area (Å²) < 4.78 is 10.6. The number of hydrogen-bond acceptors (Lipinski definition) is 5. The van der Waals surface area contributed by atoms with Crippen LogP contribution in [-0.4, -0.2) is 43.3 Å². The Hall–Kier alpha value is -3.35. The number of nitrogens with one attached hydrogen (secondary N) is 1. The molecule has 2 aromatic rings. The van der Waals surface area contributed by atoms with Gasteiger partial charge in [0.05, 0.1) is 14.2 Å². The Balaban J connectivity index is 1.72. The summed E-state index contributed by atoms with van der Waals surface area (Å²) in [7, 11) is 3.13. The van der Waals surface area contributed by atoms with Gasteiger partial charge in [-0.05, 0) is 48.7 Å². The van der Waals surface area contributed by atoms with E-state index in [0.29, 0.717) is 42.3 Å². The number of nitrogens with zero attached hydrogens (tertiary/aromatic N) is 1. The van der Waals surface area contributed by atoms with Crippen LogP contribution in [0, 0.1) is 0 Å². The fourth-order valence-corrected chi connectivity index (χ4v) is 3.20. The zero-order chi connectivity index (χ0) is 20.3. The molecule has 0 unspecified atom stereocenters. The van der Waals surface area contributed by atoms with Crippen LogP contribution in [0.2, 0.25) is 0 Å². The van der Waals surface area contributed by atoms with Gasteiger partial charge >= 0.3 is 11.8 Å². The van der Waals surface area contributed by atoms with Crippen LogP contribution in [0.25, 0.3) is 0 Å². The minimum atomic E-state index is -0.732. The second-order valence-corrected chi connectivity index (χ2v) is 6.54. The molecule has 0 saturated carbocycles. The molecule has 1 aliphatic heterocycles. The predicted molar refractivity (Wildman–Crippen MR) is 104 cm³/mol. The molecular formula is C21H22N2O5. The van der Waals surface area contributed by atoms with Gasteiger partial charge in [0.25, 0.3) is 0 Å². The monoisotopic (exact) mass is 382 g/mol. The van der Waals surface area contributed by atoms with E-state index in [9.17, 15) is 14.4 Å². The van der Waals surface area contributed by atoms with Crippen molar-refractivity contribution in [1.29, 1.82) is 0 Å². The van der Waals surface area contributed by atoms with Crippen LogP contribution in [0.3, 0.4) is 0 Å². The molecule has 3 rings (SSSR count). The minimum absolute atomic E-state index is 0.112. The first kappa shape index (κ1) is 19.4. The van der Waals surface area contributed by atoms with Crippen LogP contribution in [-0.2, 0) is 22.6 Å². The van der Waals surface area contributed by atoms with E-state index in [4.69, 9.17) is 9.47 Å². The summed E-state index contributed by atoms with van der Waals surface area (Å²) >= 11 is 0. The van der Waals surface area contributed by atoms with E-state index in [-0.39, 0.29) is 5.78 Å². The lowest BCUT2D eigenvalue weighted by Crippen LogP contribution is -2.42. The Morgan fingerprint density at radius 3 is 2.32 bits per heavy atom. The molecule has 1 heterocycles. The molecule has 7 nitrogen and oxygen atoms in total. The highest BCUT2D eigenvalue weighted by Crippen LogP contribution is 2.33. The van der Waals surface area contributed by atoms with Crippen molar-refractivity contribution in [3.05, 3.63) is 53.1 Å². The van der Waals surface area contributed by atoms with Crippen LogP contribution >= 0.6 is 0 Å². The lowest BCUT2D eigenvalue weighted by Gasteiger charge is -2.29. The summed E-state index contributed by atoms with van der Waals surface area (Å²) in [6.07, 6.45) is 0.620. The molecule has 2 aromatic carbocycles. The summed E-state index contributed by atoms with van der Waals surface area (Å²) in [6.45, 7) is 2.19. The topological polar surface area (TPSA) is 84.9 Å². The average molecular weight is 382 g/mol. The van der Waals surface area contributed by atoms with Crippen molar-refractivity contribution in [1.82, 2.24) is 4.90 Å². The molecular weight excluding hydrogens is 360 g/mol. The lowest BCUT2D eigenvalue weighted by atomic mass is 9.98. The molecule has 0 atom stereocenters. The molecule has 0 spiro atoms. The number of ketones is 1. The van der Waals surface area contributed by atoms with E-state index in [0.717, 1.165) is 11.1 Å². The molecule has 0 bridgehead atoms. The first-order valence-corrected chi connectivity index (χ1v) is 8.88. The standard InChI is InChI=1S/C21H22N2O5/c1-13(24)14-5-4-6-17(9-14)22-20(25)21(26)23-8-7-15-10-18(27-2)19(28-3)11-16(15)12-23/h4-6,9-11H,7-8,12H2,1-3H3,(H,22,25). The van der Waals surface area contributed by atoms with Gasteiger partial charge in [-0.2, -0.15) is 0 Å². The fraction of sp³-hybridized carbons (Fsp3) is 0.286. The third kappa shape index (κ3) is 3.98. The normalized spacial score (nSPS) is 12.8. The molecule has 1 aliphatic rings. The van der Waals surface area contributed by atoms with Gasteiger partial charge in [-0.15, -0.1) is 0 Å². The highest BCUT2D eigenvalue weighted by atomic mass is 16.5. The number of hydrogen-bond donors (Lipinski definition) is 1. The van der Waals surface area contributed by atoms with Crippen molar-refractivity contribution in [3.63, 3.8) is 0 Å². The van der Waals surface area contributed by atoms with Gasteiger partial charge in [0, 0.05) is 24.3 Å². The Bertz CT molecular complexity index is 938. The number of Topliss-reactive ketones (excluding diaryl/α,β-unsaturated/α-hetero) is 1. The van der Waals surface area contributed by atoms with E-state index in [1.54, 1.807) is 38.5 Å². The first-order valence-electron chi connectivity index (χ1n) is 8.88. The Kier molecular flexibility index (Phi) is 5.63. The molecule has 28 heavy (non-hydrogen) atoms. The summed E-state index contributed by atoms with van der Waals surface area (Å²) in [5, 5.41) is 2.57. The van der Waals surface area contributed by atoms with Crippen molar-refractivity contribution in [2.24, 2.45) is 0 Å². The maximum Gasteiger partial charge on any atom is 0.313 e. The predicted octanol–water partition coefficient (Wildman–Crippen LogP) is 2.43. The van der Waals surface area contributed by atoms with Crippen LogP contribution < -0.4 is 14.8 Å². The number of benzene rings is 2. The number of fused-ring (bicyclic) bond motifs is 1. The lowest BCUT2D eigenvalue weighted by molar-refractivity contribution is -0.143. The fourth-order valence-electron chi connectivity index (χ4n) is 3.20. The van der Waals surface area contributed by atoms with Crippen molar-refractivity contribution < 1.29 is 23.9 Å². The van der Waals surface area contributed by atoms with Crippen LogP contribution in [0.1, 0.15) is 28.4 Å². The quantitative estimate of drug-likeness (QED) is 0.648. The van der Waals surface area contributed by atoms with Crippen molar-refractivity contribution in [2.45, 2.75) is 19.9 Å². The average Bonchev–Trinajstić information content (AvgIpc) is 2.71. The number of amides is 2. The van der Waals surface area contributed by atoms with Gasteiger partial charge < -0.3 is 19.7 Å². The maximum atomic E-state index is 12.6. The highest BCUT2D eigenvalue weighted by molar-refractivity contribution is 6.39. The van der Waals surface area contributed by atoms with Gasteiger partial charge in [-0.25, -0.2) is 0 Å². The third-order valence-electron chi connectivity index (χ3n) is 4.73. The van der Waals surface area contributed by atoms with Crippen LogP contribution in [0.4, 0.5) is 5.69 Å². The van der Waals surface area contributed by atoms with Gasteiger partial charge in [0.2, 0.25) is 0 Å². The van der Waals surface area contributed by atoms with E-state index in [1.807, 2.05) is 12.1 Å². The second kappa shape index (κ2) is 8.12. The Morgan fingerprint density at radius 2 is 1.68 bits per heavy atom. The van der Waals surface area contributed by atoms with Crippen molar-refractivity contribution in [3.8, 4) is 11.5 Å². The summed E-state index contributed by atoms with van der Waals surface area (Å²) in [5.41, 5.74) is 2.87. The summed E-state index contributed by atoms with van der Waals surface area (Å²) in [6, 6.07) is 10.2. The zero-order valence-corrected chi connectivity index (χ0v) is 16.1. The third-order valence-corrected chi connectivity index (χ3v) is 4.73. The number of carbonyl (C=O) groups excluding carboxylic acids is 3. The van der Waals surface area contributed by atoms with Crippen LogP contribution in [0.15, 0.2) is 36.4 Å². The number of rotatable bonds is 4. The molecule has 0 radical (unpaired) electrons. The molecule has 0 fully saturated rings. The number of methoxy groups -OCH3 is 2. The van der Waals surface area contributed by atoms with Crippen molar-refractivity contribution in [2.75, 3.05) is 26.1 Å². The number of ether oxygens (including phenoxy) is 2. The molecule has 0 aliphatic carbocycles. The van der Waals surface area contributed by atoms with Crippen LogP contribution in [0.5, 0.6) is 11.5 Å². The SMILES string of the molecule is COc1cc2c(cc1OC)CN(C(=O)C(=O)Nc1cccc(C(C)=O)c1)CC2. The molecule has 2 amide bonds. The Labute approximate surface area is 163 Å². The molecule has 7 heteroatoms. The van der Waals surface area contributed by atoms with Gasteiger partial charge in [0.15, 0.2) is 17.3 Å². The van der Waals surface area contributed by atoms with Crippen molar-refractivity contribution >= 4 is 23.3 Å². The molecule has 0 saturated heterocycles. The van der Waals surface area contributed by atoms with E-state index < -0.39 is 11.8 Å². The molecule has 1 N–H and O–H groups in total. The summed E-state index contributed by atoms with van der Waals surface area (Å²) in [4.78, 5) is 38.0. The second-order valence-electron chi connectivity index (χ2n) is 6.54. The van der Waals surface area contributed by atoms with Gasteiger partial charge in [0.1, 0.15) is 0 Å². The molecule has 0 aromatic heterocycles. The van der Waals surface area contributed by atoms with E-state index in [2.05, 4.69) is 5.32 Å². The molecule has 146 valence electrons. The number of anilines is 1.